The molecule has 0 fully saturated rings. The Kier molecular flexibility index (Phi) is 5.98. The number of pyridine rings is 1. The van der Waals surface area contributed by atoms with E-state index in [9.17, 15) is 4.79 Å². The SMILES string of the molecule is Cc1csc(CNC(=O)c2cccc(Oc3cc4c(cn3)nc(-c3nonc3N)n4-c3ccccc3)c2)n1. The summed E-state index contributed by atoms with van der Waals surface area (Å²) >= 11 is 1.51. The second-order valence-corrected chi connectivity index (χ2v) is 9.25. The van der Waals surface area contributed by atoms with Gasteiger partial charge in [0.2, 0.25) is 5.88 Å². The van der Waals surface area contributed by atoms with E-state index in [1.165, 1.54) is 11.3 Å². The topological polar surface area (TPSA) is 147 Å². The van der Waals surface area contributed by atoms with Crippen molar-refractivity contribution in [2.75, 3.05) is 5.73 Å². The lowest BCUT2D eigenvalue weighted by Gasteiger charge is -2.10. The molecule has 0 saturated carbocycles. The van der Waals surface area contributed by atoms with E-state index in [4.69, 9.17) is 15.1 Å². The zero-order valence-corrected chi connectivity index (χ0v) is 20.8. The van der Waals surface area contributed by atoms with Crippen molar-refractivity contribution in [2.24, 2.45) is 0 Å². The van der Waals surface area contributed by atoms with Crippen LogP contribution in [0.25, 0.3) is 28.2 Å². The average molecular weight is 525 g/mol. The van der Waals surface area contributed by atoms with Crippen LogP contribution in [-0.4, -0.2) is 35.7 Å². The molecular formula is C26H20N8O3S. The monoisotopic (exact) mass is 524 g/mol. The second kappa shape index (κ2) is 9.75. The molecule has 2 aromatic carbocycles. The summed E-state index contributed by atoms with van der Waals surface area (Å²) < 4.78 is 12.7. The number of nitrogens with one attached hydrogen (secondary N) is 1. The van der Waals surface area contributed by atoms with Crippen molar-refractivity contribution in [3.05, 3.63) is 88.5 Å². The molecule has 0 aliphatic rings. The van der Waals surface area contributed by atoms with Crippen LogP contribution in [0.4, 0.5) is 5.82 Å². The van der Waals surface area contributed by atoms with E-state index in [-0.39, 0.29) is 11.7 Å². The van der Waals surface area contributed by atoms with E-state index in [0.29, 0.717) is 46.3 Å². The van der Waals surface area contributed by atoms with Gasteiger partial charge in [-0.1, -0.05) is 24.3 Å². The van der Waals surface area contributed by atoms with Gasteiger partial charge in [-0.3, -0.25) is 9.36 Å². The second-order valence-electron chi connectivity index (χ2n) is 8.31. The Balaban J connectivity index is 1.31. The molecular weight excluding hydrogens is 504 g/mol. The first kappa shape index (κ1) is 23.3. The number of carbonyl (C=O) groups is 1. The summed E-state index contributed by atoms with van der Waals surface area (Å²) in [6.45, 7) is 2.28. The first-order chi connectivity index (χ1) is 18.5. The number of para-hydroxylation sites is 1. The van der Waals surface area contributed by atoms with Gasteiger partial charge in [0, 0.05) is 28.4 Å². The summed E-state index contributed by atoms with van der Waals surface area (Å²) in [5, 5.41) is 13.3. The van der Waals surface area contributed by atoms with Crippen molar-refractivity contribution in [2.45, 2.75) is 13.5 Å². The molecule has 0 radical (unpaired) electrons. The number of nitrogens with zero attached hydrogens (tertiary/aromatic N) is 6. The molecule has 6 aromatic rings. The molecule has 11 nitrogen and oxygen atoms in total. The molecule has 0 aliphatic heterocycles. The number of nitrogen functional groups attached to an aromatic ring is 1. The number of aryl methyl sites for hydroxylation is 1. The van der Waals surface area contributed by atoms with Crippen molar-refractivity contribution < 1.29 is 14.2 Å². The van der Waals surface area contributed by atoms with Gasteiger partial charge in [-0.15, -0.1) is 11.3 Å². The Morgan fingerprint density at radius 1 is 1.11 bits per heavy atom. The summed E-state index contributed by atoms with van der Waals surface area (Å²) in [6.07, 6.45) is 1.60. The number of amides is 1. The van der Waals surface area contributed by atoms with Crippen LogP contribution in [-0.2, 0) is 6.54 Å². The third kappa shape index (κ3) is 4.55. The number of anilines is 1. The van der Waals surface area contributed by atoms with Crippen LogP contribution >= 0.6 is 11.3 Å². The minimum Gasteiger partial charge on any atom is -0.439 e. The van der Waals surface area contributed by atoms with E-state index in [1.54, 1.807) is 36.5 Å². The van der Waals surface area contributed by atoms with E-state index >= 15 is 0 Å². The van der Waals surface area contributed by atoms with Crippen LogP contribution in [0, 0.1) is 6.92 Å². The van der Waals surface area contributed by atoms with Crippen LogP contribution in [0.1, 0.15) is 21.1 Å². The number of hydrogen-bond donors (Lipinski definition) is 2. The highest BCUT2D eigenvalue weighted by Gasteiger charge is 2.21. The number of fused-ring (bicyclic) bond motifs is 1. The lowest BCUT2D eigenvalue weighted by Crippen LogP contribution is -2.22. The molecule has 0 bridgehead atoms. The number of carbonyl (C=O) groups excluding carboxylic acids is 1. The Morgan fingerprint density at radius 3 is 2.74 bits per heavy atom. The lowest BCUT2D eigenvalue weighted by molar-refractivity contribution is 0.0950. The molecule has 0 unspecified atom stereocenters. The molecule has 3 N–H and O–H groups in total. The molecule has 12 heteroatoms. The maximum atomic E-state index is 12.7. The van der Waals surface area contributed by atoms with Crippen LogP contribution in [0.15, 0.2) is 76.9 Å². The smallest absolute Gasteiger partial charge is 0.251 e. The third-order valence-corrected chi connectivity index (χ3v) is 6.61. The van der Waals surface area contributed by atoms with Crippen molar-refractivity contribution in [1.82, 2.24) is 35.1 Å². The number of thiazole rings is 1. The van der Waals surface area contributed by atoms with E-state index in [1.807, 2.05) is 47.2 Å². The third-order valence-electron chi connectivity index (χ3n) is 5.64. The van der Waals surface area contributed by atoms with Gasteiger partial charge >= 0.3 is 0 Å². The molecule has 4 aromatic heterocycles. The first-order valence-electron chi connectivity index (χ1n) is 11.5. The highest BCUT2D eigenvalue weighted by Crippen LogP contribution is 2.32. The van der Waals surface area contributed by atoms with Gasteiger partial charge in [-0.2, -0.15) is 0 Å². The molecule has 1 amide bonds. The number of nitrogens with two attached hydrogens (primary N) is 1. The Bertz CT molecular complexity index is 1760. The van der Waals surface area contributed by atoms with Gasteiger partial charge in [0.15, 0.2) is 17.3 Å². The van der Waals surface area contributed by atoms with Crippen LogP contribution in [0.5, 0.6) is 11.6 Å². The highest BCUT2D eigenvalue weighted by atomic mass is 32.1. The molecule has 6 rings (SSSR count). The number of imidazole rings is 1. The van der Waals surface area contributed by atoms with Gasteiger partial charge in [-0.05, 0) is 47.6 Å². The van der Waals surface area contributed by atoms with Crippen molar-refractivity contribution >= 4 is 34.1 Å². The summed E-state index contributed by atoms with van der Waals surface area (Å²) in [4.78, 5) is 26.2. The predicted octanol–water partition coefficient (Wildman–Crippen LogP) is 4.54. The summed E-state index contributed by atoms with van der Waals surface area (Å²) in [5.41, 5.74) is 9.83. The Labute approximate surface area is 219 Å². The first-order valence-corrected chi connectivity index (χ1v) is 12.4. The number of benzene rings is 2. The number of hydrogen-bond acceptors (Lipinski definition) is 10. The van der Waals surface area contributed by atoms with Gasteiger partial charge in [0.05, 0.1) is 18.3 Å². The maximum absolute atomic E-state index is 12.7. The van der Waals surface area contributed by atoms with Crippen LogP contribution < -0.4 is 15.8 Å². The van der Waals surface area contributed by atoms with Crippen molar-refractivity contribution in [3.8, 4) is 28.8 Å². The van der Waals surface area contributed by atoms with Gasteiger partial charge in [0.25, 0.3) is 5.91 Å². The summed E-state index contributed by atoms with van der Waals surface area (Å²) in [7, 11) is 0. The normalized spacial score (nSPS) is 11.1. The molecule has 0 aliphatic carbocycles. The quantitative estimate of drug-likeness (QED) is 0.307. The largest absolute Gasteiger partial charge is 0.439 e. The standard InChI is InChI=1S/C26H20N8O3S/c1-15-14-38-22(30-15)13-29-26(35)16-6-5-9-18(10-16)36-21-11-20-19(12-28-21)31-25(23-24(27)33-37-32-23)34(20)17-7-3-2-4-8-17/h2-12,14H,13H2,1H3,(H2,27,33)(H,29,35). The summed E-state index contributed by atoms with van der Waals surface area (Å²) in [5.74, 6) is 1.14. The van der Waals surface area contributed by atoms with Gasteiger partial charge in [-0.25, -0.2) is 19.6 Å². The molecule has 188 valence electrons. The van der Waals surface area contributed by atoms with E-state index in [0.717, 1.165) is 16.4 Å². The minimum absolute atomic E-state index is 0.127. The lowest BCUT2D eigenvalue weighted by atomic mass is 10.2. The zero-order chi connectivity index (χ0) is 26.1. The minimum atomic E-state index is -0.225. The molecule has 0 spiro atoms. The molecule has 0 saturated heterocycles. The Morgan fingerprint density at radius 2 is 1.97 bits per heavy atom. The fourth-order valence-electron chi connectivity index (χ4n) is 3.93. The van der Waals surface area contributed by atoms with Gasteiger partial charge < -0.3 is 15.8 Å². The van der Waals surface area contributed by atoms with Crippen LogP contribution in [0.3, 0.4) is 0 Å². The molecule has 0 atom stereocenters. The van der Waals surface area contributed by atoms with Crippen molar-refractivity contribution in [1.29, 1.82) is 0 Å². The zero-order valence-electron chi connectivity index (χ0n) is 20.0. The average Bonchev–Trinajstić information content (AvgIpc) is 3.65. The molecule has 38 heavy (non-hydrogen) atoms. The van der Waals surface area contributed by atoms with E-state index < -0.39 is 0 Å². The molecule has 4 heterocycles. The van der Waals surface area contributed by atoms with E-state index in [2.05, 4.69) is 30.6 Å². The number of rotatable bonds is 7. The summed E-state index contributed by atoms with van der Waals surface area (Å²) in [6, 6.07) is 18.3. The number of aromatic nitrogens is 6. The number of ether oxygens (including phenoxy) is 1. The Hall–Kier alpha value is -5.10. The van der Waals surface area contributed by atoms with Crippen molar-refractivity contribution in [3.63, 3.8) is 0 Å². The van der Waals surface area contributed by atoms with Crippen LogP contribution in [0.2, 0.25) is 0 Å². The predicted molar refractivity (Wildman–Crippen MR) is 141 cm³/mol. The van der Waals surface area contributed by atoms with Gasteiger partial charge in [0.1, 0.15) is 16.3 Å². The fourth-order valence-corrected chi connectivity index (χ4v) is 4.64. The fraction of sp³-hybridized carbons (Fsp3) is 0.0769. The maximum Gasteiger partial charge on any atom is 0.251 e. The highest BCUT2D eigenvalue weighted by molar-refractivity contribution is 7.09.